The van der Waals surface area contributed by atoms with Gasteiger partial charge in [0.25, 0.3) is 5.91 Å². The number of rotatable bonds is 8. The molecule has 2 N–H and O–H groups in total. The second-order valence-corrected chi connectivity index (χ2v) is 7.34. The summed E-state index contributed by atoms with van der Waals surface area (Å²) >= 11 is 5.92. The Hall–Kier alpha value is -2.53. The Morgan fingerprint density at radius 3 is 2.25 bits per heavy atom. The van der Waals surface area contributed by atoms with Gasteiger partial charge in [-0.05, 0) is 49.6 Å². The topological polar surface area (TPSA) is 67.4 Å². The summed E-state index contributed by atoms with van der Waals surface area (Å²) in [5, 5.41) is 6.45. The normalized spacial score (nSPS) is 12.9. The molecule has 0 fully saturated rings. The molecule has 0 aliphatic heterocycles. The summed E-state index contributed by atoms with van der Waals surface area (Å²) in [6.07, 6.45) is 0. The molecule has 0 radical (unpaired) electrons. The monoisotopic (exact) mass is 402 g/mol. The van der Waals surface area contributed by atoms with E-state index in [2.05, 4.69) is 10.6 Å². The Balaban J connectivity index is 2.11. The van der Waals surface area contributed by atoms with Crippen LogP contribution in [0.1, 0.15) is 49.7 Å². The lowest BCUT2D eigenvalue weighted by Gasteiger charge is -2.24. The van der Waals surface area contributed by atoms with Crippen LogP contribution in [0.3, 0.4) is 0 Å². The van der Waals surface area contributed by atoms with Gasteiger partial charge in [0.1, 0.15) is 11.8 Å². The molecular weight excluding hydrogens is 376 g/mol. The van der Waals surface area contributed by atoms with Crippen LogP contribution >= 0.6 is 11.6 Å². The SMILES string of the molecule is CCOc1ccccc1C(=O)N[C@H](C(=O)N[C@H](C)c1ccc(Cl)cc1)C(C)C. The van der Waals surface area contributed by atoms with E-state index < -0.39 is 6.04 Å². The lowest BCUT2D eigenvalue weighted by Crippen LogP contribution is -2.50. The molecule has 2 aromatic carbocycles. The maximum atomic E-state index is 12.8. The average Bonchev–Trinajstić information content (AvgIpc) is 2.66. The Labute approximate surface area is 171 Å². The summed E-state index contributed by atoms with van der Waals surface area (Å²) in [6, 6.07) is 13.4. The van der Waals surface area contributed by atoms with Gasteiger partial charge in [-0.15, -0.1) is 0 Å². The van der Waals surface area contributed by atoms with Crippen molar-refractivity contribution >= 4 is 23.4 Å². The fourth-order valence-corrected chi connectivity index (χ4v) is 2.95. The fraction of sp³-hybridized carbons (Fsp3) is 0.364. The minimum atomic E-state index is -0.670. The highest BCUT2D eigenvalue weighted by Crippen LogP contribution is 2.19. The molecule has 0 aliphatic rings. The van der Waals surface area contributed by atoms with Crippen LogP contribution in [-0.4, -0.2) is 24.5 Å². The number of benzene rings is 2. The van der Waals surface area contributed by atoms with Crippen molar-refractivity contribution in [2.45, 2.75) is 39.8 Å². The molecule has 0 spiro atoms. The van der Waals surface area contributed by atoms with Crippen LogP contribution in [0.25, 0.3) is 0 Å². The zero-order chi connectivity index (χ0) is 20.7. The molecular formula is C22H27ClN2O3. The summed E-state index contributed by atoms with van der Waals surface area (Å²) in [5.41, 5.74) is 1.35. The fourth-order valence-electron chi connectivity index (χ4n) is 2.83. The lowest BCUT2D eigenvalue weighted by atomic mass is 10.0. The van der Waals surface area contributed by atoms with E-state index in [0.29, 0.717) is 22.9 Å². The Morgan fingerprint density at radius 2 is 1.64 bits per heavy atom. The highest BCUT2D eigenvalue weighted by atomic mass is 35.5. The summed E-state index contributed by atoms with van der Waals surface area (Å²) in [4.78, 5) is 25.6. The number of hydrogen-bond donors (Lipinski definition) is 2. The third kappa shape index (κ3) is 5.73. The van der Waals surface area contributed by atoms with Gasteiger partial charge in [-0.1, -0.05) is 49.7 Å². The molecule has 28 heavy (non-hydrogen) atoms. The molecule has 0 aromatic heterocycles. The molecule has 2 atom stereocenters. The Kier molecular flexibility index (Phi) is 7.88. The highest BCUT2D eigenvalue weighted by Gasteiger charge is 2.27. The first kappa shape index (κ1) is 21.8. The van der Waals surface area contributed by atoms with E-state index in [-0.39, 0.29) is 23.8 Å². The van der Waals surface area contributed by atoms with Gasteiger partial charge in [-0.25, -0.2) is 0 Å². The molecule has 2 rings (SSSR count). The quantitative estimate of drug-likeness (QED) is 0.688. The number of ether oxygens (including phenoxy) is 1. The van der Waals surface area contributed by atoms with E-state index in [1.165, 1.54) is 0 Å². The number of nitrogens with one attached hydrogen (secondary N) is 2. The van der Waals surface area contributed by atoms with Crippen molar-refractivity contribution in [3.8, 4) is 5.75 Å². The molecule has 0 aliphatic carbocycles. The van der Waals surface area contributed by atoms with Crippen LogP contribution in [0.5, 0.6) is 5.75 Å². The van der Waals surface area contributed by atoms with Gasteiger partial charge in [0.2, 0.25) is 5.91 Å². The third-order valence-electron chi connectivity index (χ3n) is 4.40. The van der Waals surface area contributed by atoms with E-state index in [9.17, 15) is 9.59 Å². The average molecular weight is 403 g/mol. The van der Waals surface area contributed by atoms with Crippen LogP contribution < -0.4 is 15.4 Å². The first-order valence-electron chi connectivity index (χ1n) is 9.42. The molecule has 150 valence electrons. The molecule has 0 saturated heterocycles. The zero-order valence-corrected chi connectivity index (χ0v) is 17.4. The number of carbonyl (C=O) groups is 2. The van der Waals surface area contributed by atoms with Crippen molar-refractivity contribution in [2.24, 2.45) is 5.92 Å². The van der Waals surface area contributed by atoms with Gasteiger partial charge in [0.15, 0.2) is 0 Å². The molecule has 2 aromatic rings. The Bertz CT molecular complexity index is 806. The summed E-state index contributed by atoms with van der Waals surface area (Å²) in [7, 11) is 0. The molecule has 5 nitrogen and oxygen atoms in total. The summed E-state index contributed by atoms with van der Waals surface area (Å²) < 4.78 is 5.52. The van der Waals surface area contributed by atoms with Crippen LogP contribution in [0.4, 0.5) is 0 Å². The minimum Gasteiger partial charge on any atom is -0.493 e. The van der Waals surface area contributed by atoms with Gasteiger partial charge in [0.05, 0.1) is 18.2 Å². The Morgan fingerprint density at radius 1 is 1.00 bits per heavy atom. The van der Waals surface area contributed by atoms with E-state index in [0.717, 1.165) is 5.56 Å². The predicted octanol–water partition coefficient (Wildman–Crippen LogP) is 4.37. The number of carbonyl (C=O) groups excluding carboxylic acids is 2. The van der Waals surface area contributed by atoms with E-state index >= 15 is 0 Å². The molecule has 0 bridgehead atoms. The van der Waals surface area contributed by atoms with Gasteiger partial charge in [-0.3, -0.25) is 9.59 Å². The van der Waals surface area contributed by atoms with Gasteiger partial charge >= 0.3 is 0 Å². The van der Waals surface area contributed by atoms with Gasteiger partial charge < -0.3 is 15.4 Å². The molecule has 0 unspecified atom stereocenters. The van der Waals surface area contributed by atoms with E-state index in [4.69, 9.17) is 16.3 Å². The van der Waals surface area contributed by atoms with Crippen LogP contribution in [0.2, 0.25) is 5.02 Å². The predicted molar refractivity (Wildman–Crippen MR) is 112 cm³/mol. The first-order chi connectivity index (χ1) is 13.3. The van der Waals surface area contributed by atoms with E-state index in [1.54, 1.807) is 30.3 Å². The minimum absolute atomic E-state index is 0.0828. The molecule has 2 amide bonds. The van der Waals surface area contributed by atoms with Crippen molar-refractivity contribution in [1.29, 1.82) is 0 Å². The molecule has 0 heterocycles. The van der Waals surface area contributed by atoms with Crippen molar-refractivity contribution in [3.05, 3.63) is 64.7 Å². The van der Waals surface area contributed by atoms with E-state index in [1.807, 2.05) is 45.9 Å². The lowest BCUT2D eigenvalue weighted by molar-refractivity contribution is -0.124. The number of halogens is 1. The second kappa shape index (κ2) is 10.1. The van der Waals surface area contributed by atoms with Crippen LogP contribution in [-0.2, 0) is 4.79 Å². The second-order valence-electron chi connectivity index (χ2n) is 6.91. The first-order valence-corrected chi connectivity index (χ1v) is 9.79. The third-order valence-corrected chi connectivity index (χ3v) is 4.65. The molecule has 0 saturated carbocycles. The summed E-state index contributed by atoms with van der Waals surface area (Å²) in [6.45, 7) is 8.00. The van der Waals surface area contributed by atoms with Crippen molar-refractivity contribution in [1.82, 2.24) is 10.6 Å². The number of hydrogen-bond acceptors (Lipinski definition) is 3. The smallest absolute Gasteiger partial charge is 0.255 e. The number of amides is 2. The standard InChI is InChI=1S/C22H27ClN2O3/c1-5-28-19-9-7-6-8-18(19)21(26)25-20(14(2)3)22(27)24-15(4)16-10-12-17(23)13-11-16/h6-15,20H,5H2,1-4H3,(H,24,27)(H,25,26)/t15-,20+/m1/s1. The van der Waals surface area contributed by atoms with Crippen LogP contribution in [0.15, 0.2) is 48.5 Å². The largest absolute Gasteiger partial charge is 0.493 e. The van der Waals surface area contributed by atoms with Crippen LogP contribution in [0, 0.1) is 5.92 Å². The maximum absolute atomic E-state index is 12.8. The van der Waals surface area contributed by atoms with Gasteiger partial charge in [0, 0.05) is 5.02 Å². The number of para-hydroxylation sites is 1. The zero-order valence-electron chi connectivity index (χ0n) is 16.7. The van der Waals surface area contributed by atoms with Crippen molar-refractivity contribution in [3.63, 3.8) is 0 Å². The maximum Gasteiger partial charge on any atom is 0.255 e. The van der Waals surface area contributed by atoms with Gasteiger partial charge in [-0.2, -0.15) is 0 Å². The molecule has 6 heteroatoms. The van der Waals surface area contributed by atoms with Crippen molar-refractivity contribution in [2.75, 3.05) is 6.61 Å². The summed E-state index contributed by atoms with van der Waals surface area (Å²) in [5.74, 6) is -0.155. The highest BCUT2D eigenvalue weighted by molar-refractivity contribution is 6.30. The van der Waals surface area contributed by atoms with Crippen molar-refractivity contribution < 1.29 is 14.3 Å².